The van der Waals surface area contributed by atoms with E-state index >= 15 is 0 Å². The standard InChI is InChI=1S/C40H22N2S4/c1-3-7-33-27(5-1)19-35(43-33)23-9-13-25(14-10-23)39-41-31-17-29-22-38-32(18-30(29)21-37(31)45-39)42-40(46-38)26-15-11-24(12-16-26)36-20-28-6-2-4-8-34(28)44-36/h1-22H. The molecule has 4 heterocycles. The van der Waals surface area contributed by atoms with Crippen LogP contribution in [-0.2, 0) is 0 Å². The summed E-state index contributed by atoms with van der Waals surface area (Å²) in [5, 5.41) is 7.10. The van der Waals surface area contributed by atoms with Gasteiger partial charge >= 0.3 is 0 Å². The lowest BCUT2D eigenvalue weighted by atomic mass is 10.1. The number of thiophene rings is 2. The summed E-state index contributed by atoms with van der Waals surface area (Å²) in [6.07, 6.45) is 0. The minimum Gasteiger partial charge on any atom is -0.236 e. The zero-order valence-corrected chi connectivity index (χ0v) is 27.5. The van der Waals surface area contributed by atoms with E-state index in [2.05, 4.69) is 133 Å². The van der Waals surface area contributed by atoms with Gasteiger partial charge in [-0.15, -0.1) is 45.3 Å². The summed E-state index contributed by atoms with van der Waals surface area (Å²) in [6, 6.07) is 48.4. The van der Waals surface area contributed by atoms with Crippen LogP contribution in [0.2, 0.25) is 0 Å². The van der Waals surface area contributed by atoms with Gasteiger partial charge in [0.1, 0.15) is 10.0 Å². The summed E-state index contributed by atoms with van der Waals surface area (Å²) < 4.78 is 5.04. The van der Waals surface area contributed by atoms with Gasteiger partial charge in [0, 0.05) is 30.3 Å². The van der Waals surface area contributed by atoms with Crippen LogP contribution in [-0.4, -0.2) is 9.97 Å². The van der Waals surface area contributed by atoms with Crippen molar-refractivity contribution in [1.82, 2.24) is 9.97 Å². The lowest BCUT2D eigenvalue weighted by molar-refractivity contribution is 1.48. The predicted molar refractivity (Wildman–Crippen MR) is 203 cm³/mol. The molecule has 0 aliphatic heterocycles. The second kappa shape index (κ2) is 10.4. The van der Waals surface area contributed by atoms with E-state index < -0.39 is 0 Å². The highest BCUT2D eigenvalue weighted by Gasteiger charge is 2.13. The van der Waals surface area contributed by atoms with Gasteiger partial charge in [-0.1, -0.05) is 84.9 Å². The fraction of sp³-hybridized carbons (Fsp3) is 0. The van der Waals surface area contributed by atoms with Gasteiger partial charge in [0.15, 0.2) is 0 Å². The molecule has 4 aromatic heterocycles. The summed E-state index contributed by atoms with van der Waals surface area (Å²) in [5.74, 6) is 0. The molecular weight excluding hydrogens is 637 g/mol. The molecule has 0 amide bonds. The highest BCUT2D eigenvalue weighted by Crippen LogP contribution is 2.40. The van der Waals surface area contributed by atoms with Crippen LogP contribution in [0.5, 0.6) is 0 Å². The first kappa shape index (κ1) is 26.5. The molecule has 0 radical (unpaired) electrons. The van der Waals surface area contributed by atoms with Crippen molar-refractivity contribution in [3.05, 3.63) is 133 Å². The third-order valence-electron chi connectivity index (χ3n) is 8.54. The number of fused-ring (bicyclic) bond motifs is 5. The zero-order chi connectivity index (χ0) is 30.2. The van der Waals surface area contributed by atoms with Crippen molar-refractivity contribution in [3.8, 4) is 42.0 Å². The highest BCUT2D eigenvalue weighted by molar-refractivity contribution is 7.23. The van der Waals surface area contributed by atoms with Crippen LogP contribution in [0, 0.1) is 0 Å². The molecule has 216 valence electrons. The van der Waals surface area contributed by atoms with Crippen LogP contribution in [0.1, 0.15) is 0 Å². The Morgan fingerprint density at radius 2 is 0.739 bits per heavy atom. The maximum Gasteiger partial charge on any atom is 0.124 e. The third-order valence-corrected chi connectivity index (χ3v) is 13.0. The fourth-order valence-electron chi connectivity index (χ4n) is 6.14. The van der Waals surface area contributed by atoms with Gasteiger partial charge in [-0.05, 0) is 81.2 Å². The molecule has 10 aromatic rings. The van der Waals surface area contributed by atoms with Crippen LogP contribution in [0.4, 0.5) is 0 Å². The van der Waals surface area contributed by atoms with E-state index in [4.69, 9.17) is 9.97 Å². The van der Waals surface area contributed by atoms with Gasteiger partial charge < -0.3 is 0 Å². The van der Waals surface area contributed by atoms with E-state index in [0.717, 1.165) is 32.2 Å². The van der Waals surface area contributed by atoms with Crippen molar-refractivity contribution in [2.24, 2.45) is 0 Å². The minimum absolute atomic E-state index is 1.04. The molecule has 0 saturated heterocycles. The average molecular weight is 659 g/mol. The highest BCUT2D eigenvalue weighted by atomic mass is 32.1. The van der Waals surface area contributed by atoms with E-state index in [9.17, 15) is 0 Å². The number of thiazole rings is 2. The van der Waals surface area contributed by atoms with Crippen molar-refractivity contribution >= 4 is 96.7 Å². The molecule has 0 aliphatic rings. The molecule has 0 unspecified atom stereocenters. The van der Waals surface area contributed by atoms with Crippen molar-refractivity contribution in [2.75, 3.05) is 0 Å². The van der Waals surface area contributed by atoms with Crippen LogP contribution >= 0.6 is 45.3 Å². The summed E-state index contributed by atoms with van der Waals surface area (Å²) in [4.78, 5) is 12.7. The fourth-order valence-corrected chi connectivity index (χ4v) is 10.3. The normalized spacial score (nSPS) is 11.9. The number of nitrogens with zero attached hydrogens (tertiary/aromatic N) is 2. The van der Waals surface area contributed by atoms with Crippen molar-refractivity contribution < 1.29 is 0 Å². The molecule has 6 heteroatoms. The number of rotatable bonds is 4. The number of aromatic nitrogens is 2. The predicted octanol–water partition coefficient (Wildman–Crippen LogP) is 13.2. The molecular formula is C40H22N2S4. The monoisotopic (exact) mass is 658 g/mol. The van der Waals surface area contributed by atoms with Gasteiger partial charge in [0.2, 0.25) is 0 Å². The van der Waals surface area contributed by atoms with E-state index in [1.165, 1.54) is 61.2 Å². The molecule has 0 saturated carbocycles. The molecule has 46 heavy (non-hydrogen) atoms. The molecule has 0 aliphatic carbocycles. The lowest BCUT2D eigenvalue weighted by Gasteiger charge is -1.99. The van der Waals surface area contributed by atoms with Crippen LogP contribution in [0.3, 0.4) is 0 Å². The number of benzene rings is 6. The first-order chi connectivity index (χ1) is 22.7. The van der Waals surface area contributed by atoms with Gasteiger partial charge in [0.05, 0.1) is 20.4 Å². The van der Waals surface area contributed by atoms with Gasteiger partial charge in [-0.3, -0.25) is 0 Å². The van der Waals surface area contributed by atoms with Crippen molar-refractivity contribution in [2.45, 2.75) is 0 Å². The lowest BCUT2D eigenvalue weighted by Crippen LogP contribution is -1.78. The molecule has 0 N–H and O–H groups in total. The van der Waals surface area contributed by atoms with Crippen LogP contribution < -0.4 is 0 Å². The van der Waals surface area contributed by atoms with Crippen LogP contribution in [0.25, 0.3) is 93.4 Å². The van der Waals surface area contributed by atoms with Crippen LogP contribution in [0.15, 0.2) is 133 Å². The Balaban J connectivity index is 0.948. The molecule has 0 bridgehead atoms. The molecule has 6 aromatic carbocycles. The Morgan fingerprint density at radius 1 is 0.326 bits per heavy atom. The molecule has 0 fully saturated rings. The third kappa shape index (κ3) is 4.49. The quantitative estimate of drug-likeness (QED) is 0.188. The Hall–Kier alpha value is -4.72. The Labute approximate surface area is 280 Å². The summed E-state index contributed by atoms with van der Waals surface area (Å²) >= 11 is 7.19. The summed E-state index contributed by atoms with van der Waals surface area (Å²) in [5.41, 5.74) is 6.89. The van der Waals surface area contributed by atoms with E-state index in [0.29, 0.717) is 0 Å². The largest absolute Gasteiger partial charge is 0.236 e. The topological polar surface area (TPSA) is 25.8 Å². The summed E-state index contributed by atoms with van der Waals surface area (Å²) in [7, 11) is 0. The first-order valence-electron chi connectivity index (χ1n) is 15.0. The molecule has 0 spiro atoms. The maximum absolute atomic E-state index is 5.06. The molecule has 10 rings (SSSR count). The Morgan fingerprint density at radius 3 is 1.17 bits per heavy atom. The SMILES string of the molecule is c1ccc2sc(-c3ccc(-c4nc5cc6cc7sc(-c8ccc(-c9cc%10ccccc%10s9)cc8)nc7cc6cc5s4)cc3)cc2c1. The number of hydrogen-bond acceptors (Lipinski definition) is 6. The van der Waals surface area contributed by atoms with Gasteiger partial charge in [0.25, 0.3) is 0 Å². The maximum atomic E-state index is 5.06. The molecule has 2 nitrogen and oxygen atoms in total. The second-order valence-electron chi connectivity index (χ2n) is 11.5. The Kier molecular flexibility index (Phi) is 5.99. The van der Waals surface area contributed by atoms with Crippen molar-refractivity contribution in [1.29, 1.82) is 0 Å². The van der Waals surface area contributed by atoms with Crippen molar-refractivity contribution in [3.63, 3.8) is 0 Å². The minimum atomic E-state index is 1.04. The Bertz CT molecular complexity index is 2420. The van der Waals surface area contributed by atoms with E-state index in [1.54, 1.807) is 22.7 Å². The van der Waals surface area contributed by atoms with E-state index in [1.807, 2.05) is 22.7 Å². The van der Waals surface area contributed by atoms with Gasteiger partial charge in [-0.2, -0.15) is 0 Å². The summed E-state index contributed by atoms with van der Waals surface area (Å²) in [6.45, 7) is 0. The number of hydrogen-bond donors (Lipinski definition) is 0. The average Bonchev–Trinajstić information content (AvgIpc) is 3.90. The van der Waals surface area contributed by atoms with E-state index in [-0.39, 0.29) is 0 Å². The first-order valence-corrected chi connectivity index (χ1v) is 18.3. The van der Waals surface area contributed by atoms with Gasteiger partial charge in [-0.25, -0.2) is 9.97 Å². The molecule has 0 atom stereocenters. The smallest absolute Gasteiger partial charge is 0.124 e. The second-order valence-corrected chi connectivity index (χ2v) is 15.7. The zero-order valence-electron chi connectivity index (χ0n) is 24.2.